The fourth-order valence-electron chi connectivity index (χ4n) is 1.81. The highest BCUT2D eigenvalue weighted by Crippen LogP contribution is 2.37. The Hall–Kier alpha value is -1.14. The van der Waals surface area contributed by atoms with Crippen LogP contribution < -0.4 is 4.90 Å². The van der Waals surface area contributed by atoms with Crippen LogP contribution in [0, 0.1) is 0 Å². The van der Waals surface area contributed by atoms with Crippen molar-refractivity contribution < 1.29 is 4.79 Å². The molecule has 1 aromatic carbocycles. The molecule has 1 aliphatic rings. The maximum absolute atomic E-state index is 12.5. The number of hydrogen-bond donors (Lipinski definition) is 0. The molecule has 2 nitrogen and oxygen atoms in total. The third-order valence-corrected chi connectivity index (χ3v) is 5.03. The minimum Gasteiger partial charge on any atom is -0.268 e. The highest BCUT2D eigenvalue weighted by atomic mass is 35.5. The SMILES string of the molecule is O=C1/C(=C\c2cccs2)SC(=S)N1c1cccc(Cl)c1. The van der Waals surface area contributed by atoms with E-state index in [0.717, 1.165) is 4.88 Å². The molecular formula is C14H8ClNOS3. The van der Waals surface area contributed by atoms with Crippen LogP contribution in [0.5, 0.6) is 0 Å². The minimum absolute atomic E-state index is 0.101. The highest BCUT2D eigenvalue weighted by Gasteiger charge is 2.33. The van der Waals surface area contributed by atoms with E-state index in [4.69, 9.17) is 23.8 Å². The van der Waals surface area contributed by atoms with Gasteiger partial charge in [-0.05, 0) is 35.7 Å². The van der Waals surface area contributed by atoms with E-state index in [0.29, 0.717) is 19.9 Å². The second-order valence-corrected chi connectivity index (χ2v) is 7.10. The van der Waals surface area contributed by atoms with Crippen molar-refractivity contribution in [1.82, 2.24) is 0 Å². The fraction of sp³-hybridized carbons (Fsp3) is 0. The summed E-state index contributed by atoms with van der Waals surface area (Å²) in [5.41, 5.74) is 0.703. The number of halogens is 1. The first kappa shape index (κ1) is 13.8. The molecule has 1 aliphatic heterocycles. The molecule has 1 saturated heterocycles. The molecule has 6 heteroatoms. The normalized spacial score (nSPS) is 17.2. The van der Waals surface area contributed by atoms with Crippen molar-refractivity contribution in [3.63, 3.8) is 0 Å². The molecule has 0 aliphatic carbocycles. The number of nitrogens with zero attached hydrogens (tertiary/aromatic N) is 1. The zero-order chi connectivity index (χ0) is 14.1. The van der Waals surface area contributed by atoms with Crippen LogP contribution in [0.3, 0.4) is 0 Å². The van der Waals surface area contributed by atoms with E-state index in [1.807, 2.05) is 29.7 Å². The molecule has 2 heterocycles. The van der Waals surface area contributed by atoms with Gasteiger partial charge in [0.25, 0.3) is 5.91 Å². The summed E-state index contributed by atoms with van der Waals surface area (Å²) in [5, 5.41) is 2.56. The number of carbonyl (C=O) groups is 1. The number of benzene rings is 1. The summed E-state index contributed by atoms with van der Waals surface area (Å²) in [6.45, 7) is 0. The number of hydrogen-bond acceptors (Lipinski definition) is 4. The number of amides is 1. The smallest absolute Gasteiger partial charge is 0.268 e. The van der Waals surface area contributed by atoms with Crippen molar-refractivity contribution in [2.75, 3.05) is 4.90 Å². The molecule has 0 radical (unpaired) electrons. The lowest BCUT2D eigenvalue weighted by Gasteiger charge is -2.14. The Kier molecular flexibility index (Phi) is 3.94. The van der Waals surface area contributed by atoms with E-state index in [1.165, 1.54) is 16.7 Å². The average molecular weight is 338 g/mol. The molecule has 1 amide bonds. The largest absolute Gasteiger partial charge is 0.270 e. The molecule has 1 aromatic heterocycles. The van der Waals surface area contributed by atoms with Gasteiger partial charge in [0, 0.05) is 9.90 Å². The maximum Gasteiger partial charge on any atom is 0.270 e. The van der Waals surface area contributed by atoms with Crippen LogP contribution in [0.25, 0.3) is 6.08 Å². The van der Waals surface area contributed by atoms with Crippen LogP contribution in [0.15, 0.2) is 46.7 Å². The maximum atomic E-state index is 12.5. The summed E-state index contributed by atoms with van der Waals surface area (Å²) in [5.74, 6) is -0.101. The Morgan fingerprint density at radius 3 is 2.80 bits per heavy atom. The van der Waals surface area contributed by atoms with Gasteiger partial charge < -0.3 is 0 Å². The van der Waals surface area contributed by atoms with Gasteiger partial charge in [-0.25, -0.2) is 0 Å². The topological polar surface area (TPSA) is 20.3 Å². The summed E-state index contributed by atoms with van der Waals surface area (Å²) >= 11 is 14.2. The molecule has 0 unspecified atom stereocenters. The summed E-state index contributed by atoms with van der Waals surface area (Å²) in [6, 6.07) is 11.1. The summed E-state index contributed by atoms with van der Waals surface area (Å²) in [6.07, 6.45) is 1.87. The lowest BCUT2D eigenvalue weighted by atomic mass is 10.3. The van der Waals surface area contributed by atoms with Gasteiger partial charge in [-0.15, -0.1) is 11.3 Å². The zero-order valence-corrected chi connectivity index (χ0v) is 13.3. The first-order chi connectivity index (χ1) is 9.65. The van der Waals surface area contributed by atoms with Gasteiger partial charge in [0.05, 0.1) is 10.6 Å². The second-order valence-electron chi connectivity index (χ2n) is 4.01. The van der Waals surface area contributed by atoms with Crippen LogP contribution in [0.1, 0.15) is 4.88 Å². The number of thiophene rings is 1. The van der Waals surface area contributed by atoms with Crippen LogP contribution in [-0.2, 0) is 4.79 Å². The van der Waals surface area contributed by atoms with Gasteiger partial charge in [-0.1, -0.05) is 47.7 Å². The van der Waals surface area contributed by atoms with Gasteiger partial charge in [0.15, 0.2) is 4.32 Å². The third-order valence-electron chi connectivity index (χ3n) is 2.68. The van der Waals surface area contributed by atoms with Crippen molar-refractivity contribution in [2.45, 2.75) is 0 Å². The van der Waals surface area contributed by atoms with Crippen LogP contribution in [0.4, 0.5) is 5.69 Å². The molecular weight excluding hydrogens is 330 g/mol. The fourth-order valence-corrected chi connectivity index (χ4v) is 4.01. The predicted molar refractivity (Wildman–Crippen MR) is 91.4 cm³/mol. The Labute approximate surface area is 135 Å². The summed E-state index contributed by atoms with van der Waals surface area (Å²) < 4.78 is 0.528. The van der Waals surface area contributed by atoms with Crippen LogP contribution in [-0.4, -0.2) is 10.2 Å². The molecule has 0 bridgehead atoms. The van der Waals surface area contributed by atoms with E-state index in [-0.39, 0.29) is 5.91 Å². The molecule has 1 fully saturated rings. The monoisotopic (exact) mass is 337 g/mol. The standard InChI is InChI=1S/C14H8ClNOS3/c15-9-3-1-4-10(7-9)16-13(17)12(20-14(16)18)8-11-5-2-6-19-11/h1-8H/b12-8+. The van der Waals surface area contributed by atoms with Crippen LogP contribution >= 0.6 is 46.9 Å². The lowest BCUT2D eigenvalue weighted by Crippen LogP contribution is -2.27. The van der Waals surface area contributed by atoms with Crippen molar-refractivity contribution in [1.29, 1.82) is 0 Å². The predicted octanol–water partition coefficient (Wildman–Crippen LogP) is 4.81. The average Bonchev–Trinajstić information content (AvgIpc) is 2.99. The quantitative estimate of drug-likeness (QED) is 0.579. The number of thioether (sulfide) groups is 1. The molecule has 2 aromatic rings. The van der Waals surface area contributed by atoms with E-state index >= 15 is 0 Å². The highest BCUT2D eigenvalue weighted by molar-refractivity contribution is 8.27. The molecule has 0 N–H and O–H groups in total. The number of carbonyl (C=O) groups excluding carboxylic acids is 1. The molecule has 0 saturated carbocycles. The van der Waals surface area contributed by atoms with Crippen molar-refractivity contribution in [2.24, 2.45) is 0 Å². The first-order valence-electron chi connectivity index (χ1n) is 5.72. The molecule has 0 spiro atoms. The lowest BCUT2D eigenvalue weighted by molar-refractivity contribution is -0.113. The molecule has 20 heavy (non-hydrogen) atoms. The number of thiocarbonyl (C=S) groups is 1. The Morgan fingerprint density at radius 1 is 1.25 bits per heavy atom. The van der Waals surface area contributed by atoms with Crippen molar-refractivity contribution >= 4 is 68.9 Å². The number of anilines is 1. The van der Waals surface area contributed by atoms with Gasteiger partial charge >= 0.3 is 0 Å². The molecule has 3 rings (SSSR count). The second kappa shape index (κ2) is 5.69. The van der Waals surface area contributed by atoms with E-state index in [1.54, 1.807) is 29.5 Å². The number of rotatable bonds is 2. The Bertz CT molecular complexity index is 709. The van der Waals surface area contributed by atoms with E-state index in [2.05, 4.69) is 0 Å². The summed E-state index contributed by atoms with van der Waals surface area (Å²) in [7, 11) is 0. The minimum atomic E-state index is -0.101. The van der Waals surface area contributed by atoms with E-state index in [9.17, 15) is 4.79 Å². The molecule has 100 valence electrons. The van der Waals surface area contributed by atoms with Crippen LogP contribution in [0.2, 0.25) is 5.02 Å². The van der Waals surface area contributed by atoms with Gasteiger partial charge in [0.1, 0.15) is 0 Å². The zero-order valence-electron chi connectivity index (χ0n) is 10.1. The van der Waals surface area contributed by atoms with Gasteiger partial charge in [-0.3, -0.25) is 9.69 Å². The third kappa shape index (κ3) is 2.67. The Morgan fingerprint density at radius 2 is 2.10 bits per heavy atom. The summed E-state index contributed by atoms with van der Waals surface area (Å²) in [4.78, 5) is 15.7. The van der Waals surface area contributed by atoms with Gasteiger partial charge in [0.2, 0.25) is 0 Å². The van der Waals surface area contributed by atoms with Crippen molar-refractivity contribution in [3.8, 4) is 0 Å². The van der Waals surface area contributed by atoms with E-state index < -0.39 is 0 Å². The first-order valence-corrected chi connectivity index (χ1v) is 8.20. The Balaban J connectivity index is 1.95. The molecule has 0 atom stereocenters. The van der Waals surface area contributed by atoms with Gasteiger partial charge in [-0.2, -0.15) is 0 Å². The van der Waals surface area contributed by atoms with Crippen molar-refractivity contribution in [3.05, 3.63) is 56.6 Å².